The Bertz CT molecular complexity index is 3090. The van der Waals surface area contributed by atoms with Crippen molar-refractivity contribution in [2.75, 3.05) is 68.5 Å². The first kappa shape index (κ1) is 77.2. The van der Waals surface area contributed by atoms with Crippen LogP contribution < -0.4 is 21.3 Å². The van der Waals surface area contributed by atoms with Crippen LogP contribution in [0.15, 0.2) is 42.5 Å². The lowest BCUT2D eigenvalue weighted by Gasteiger charge is -2.39. The molecular formula is C65H92ClF6N11O11. The predicted octanol–water partition coefficient (Wildman–Crippen LogP) is 5.46. The number of rotatable bonds is 10. The SMILES string of the molecule is CC[C@H](C)[C@@H]1NC(=O)[C@H](CC(C)C)N(C)C(=O)C[C@@H](C)NC(=O)[C@H](C(C)C)N(C)C(=O)C2(CCCC2)NC(=O)[C@@H]2CCCN2C(=O)[C@H](CCc2ccc(C(F)(F)F)c(Cl)c2)NC(=O)CN(C)C(=O)[C@H](Cc2ccc(C(F)(F)F)cc2)N(C)C(=O)CN(C)C(=O)CN(C)C1=O. The molecule has 2 saturated heterocycles. The number of aryl methyl sites for hydroxylation is 1. The largest absolute Gasteiger partial charge is 0.417 e. The zero-order chi connectivity index (χ0) is 70.6. The number of benzene rings is 2. The number of nitrogens with one attached hydrogen (secondary N) is 4. The molecule has 1 saturated carbocycles. The molecule has 3 fully saturated rings. The summed E-state index contributed by atoms with van der Waals surface area (Å²) in [6.45, 7) is 10.1. The first-order valence-corrected chi connectivity index (χ1v) is 32.2. The van der Waals surface area contributed by atoms with E-state index in [0.29, 0.717) is 19.3 Å². The molecule has 2 heterocycles. The number of halogens is 7. The highest BCUT2D eigenvalue weighted by molar-refractivity contribution is 6.31. The second-order valence-electron chi connectivity index (χ2n) is 26.2. The third-order valence-corrected chi connectivity index (χ3v) is 18.4. The Labute approximate surface area is 550 Å². The fourth-order valence-electron chi connectivity index (χ4n) is 12.3. The van der Waals surface area contributed by atoms with Crippen molar-refractivity contribution in [2.24, 2.45) is 17.8 Å². The summed E-state index contributed by atoms with van der Waals surface area (Å²) in [5, 5.41) is 10.6. The average Bonchev–Trinajstić information content (AvgIpc) is 1.53. The lowest BCUT2D eigenvalue weighted by molar-refractivity contribution is -0.149. The van der Waals surface area contributed by atoms with Crippen LogP contribution in [-0.2, 0) is 77.9 Å². The van der Waals surface area contributed by atoms with Gasteiger partial charge in [0, 0.05) is 67.7 Å². The molecule has 22 nitrogen and oxygen atoms in total. The molecule has 0 unspecified atom stereocenters. The lowest BCUT2D eigenvalue weighted by atomic mass is 9.92. The molecule has 3 aliphatic rings. The van der Waals surface area contributed by atoms with Crippen molar-refractivity contribution >= 4 is 76.6 Å². The standard InChI is InChI=1S/C65H92ClF6N11O11/c1-14-39(6)54-61(93)79(10)35-52(86)77(8)36-53(87)81(12)49(33-42-19-23-43(24-20-42)64(67,68)69)60(92)78(9)34-50(84)74-46(26-22-41-21-25-44(45(66)32-41)65(70,71)72)59(91)83-29-17-18-47(83)57(89)76-63(27-15-16-28-63)62(94)82(13)55(38(4)5)58(90)73-40(7)31-51(85)80(11)48(30-37(2)3)56(88)75-54/h19-21,23-25,32,37-40,46-49,54-55H,14-18,22,26-31,33-36H2,1-13H3,(H,73,90)(H,74,84)(H,75,88)(H,76,89)/t39-,40+,46-,47-,48-,49-,54-,55-/m0/s1. The molecular weight excluding hydrogens is 1260 g/mol. The fraction of sp³-hybridized carbons (Fsp3) is 0.646. The molecule has 8 atom stereocenters. The summed E-state index contributed by atoms with van der Waals surface area (Å²) in [5.41, 5.74) is -3.30. The third kappa shape index (κ3) is 19.8. The summed E-state index contributed by atoms with van der Waals surface area (Å²) in [6, 6.07) is -1.90. The summed E-state index contributed by atoms with van der Waals surface area (Å²) >= 11 is 6.08. The minimum absolute atomic E-state index is 0.0212. The second-order valence-corrected chi connectivity index (χ2v) is 26.6. The van der Waals surface area contributed by atoms with Crippen molar-refractivity contribution in [2.45, 2.75) is 186 Å². The fourth-order valence-corrected chi connectivity index (χ4v) is 12.6. The van der Waals surface area contributed by atoms with Gasteiger partial charge in [0.05, 0.1) is 35.8 Å². The van der Waals surface area contributed by atoms with Gasteiger partial charge in [0.15, 0.2) is 0 Å². The van der Waals surface area contributed by atoms with Crippen molar-refractivity contribution in [3.8, 4) is 0 Å². The topological polar surface area (TPSA) is 259 Å². The Morgan fingerprint density at radius 1 is 0.628 bits per heavy atom. The maximum absolute atomic E-state index is 15.0. The van der Waals surface area contributed by atoms with Crippen LogP contribution in [0.5, 0.6) is 0 Å². The number of alkyl halides is 6. The molecule has 11 amide bonds. The van der Waals surface area contributed by atoms with Gasteiger partial charge in [-0.15, -0.1) is 0 Å². The quantitative estimate of drug-likeness (QED) is 0.217. The zero-order valence-electron chi connectivity index (χ0n) is 55.9. The van der Waals surface area contributed by atoms with Gasteiger partial charge in [-0.2, -0.15) is 26.3 Å². The van der Waals surface area contributed by atoms with Crippen molar-refractivity contribution in [1.82, 2.24) is 55.6 Å². The number of likely N-dealkylation sites (N-methyl/N-ethyl adjacent to an activating group) is 6. The van der Waals surface area contributed by atoms with E-state index in [-0.39, 0.29) is 75.0 Å². The van der Waals surface area contributed by atoms with E-state index in [9.17, 15) is 79.1 Å². The van der Waals surface area contributed by atoms with Crippen LogP contribution in [-0.4, -0.2) is 216 Å². The number of hydrogen-bond acceptors (Lipinski definition) is 11. The molecule has 1 aliphatic carbocycles. The van der Waals surface area contributed by atoms with Gasteiger partial charge in [0.1, 0.15) is 41.8 Å². The van der Waals surface area contributed by atoms with Gasteiger partial charge in [0.25, 0.3) is 0 Å². The van der Waals surface area contributed by atoms with Crippen LogP contribution in [0.3, 0.4) is 0 Å². The summed E-state index contributed by atoms with van der Waals surface area (Å²) in [5.74, 6) is -9.33. The van der Waals surface area contributed by atoms with Crippen molar-refractivity contribution in [1.29, 1.82) is 0 Å². The molecule has 2 aromatic carbocycles. The molecule has 29 heteroatoms. The highest BCUT2D eigenvalue weighted by Gasteiger charge is 2.50. The van der Waals surface area contributed by atoms with Crippen molar-refractivity contribution < 1.29 is 79.1 Å². The predicted molar refractivity (Wildman–Crippen MR) is 336 cm³/mol. The van der Waals surface area contributed by atoms with E-state index in [1.54, 1.807) is 34.6 Å². The van der Waals surface area contributed by atoms with Gasteiger partial charge in [-0.25, -0.2) is 0 Å². The van der Waals surface area contributed by atoms with Crippen LogP contribution in [0.4, 0.5) is 26.3 Å². The number of nitrogens with zero attached hydrogens (tertiary/aromatic N) is 7. The number of carbonyl (C=O) groups is 11. The minimum Gasteiger partial charge on any atom is -0.351 e. The summed E-state index contributed by atoms with van der Waals surface area (Å²) in [4.78, 5) is 167. The Kier molecular flexibility index (Phi) is 26.9. The average molecular weight is 1350 g/mol. The smallest absolute Gasteiger partial charge is 0.351 e. The molecule has 94 heavy (non-hydrogen) atoms. The summed E-state index contributed by atoms with van der Waals surface area (Å²) < 4.78 is 82.4. The number of amides is 11. The van der Waals surface area contributed by atoms with Gasteiger partial charge in [-0.05, 0) is 105 Å². The molecule has 1 spiro atoms. The van der Waals surface area contributed by atoms with Gasteiger partial charge in [-0.1, -0.05) is 90.6 Å². The van der Waals surface area contributed by atoms with Crippen LogP contribution in [0.1, 0.15) is 135 Å². The Balaban J connectivity index is 1.58. The Morgan fingerprint density at radius 2 is 1.21 bits per heavy atom. The van der Waals surface area contributed by atoms with E-state index in [0.717, 1.165) is 62.1 Å². The maximum atomic E-state index is 15.0. The first-order chi connectivity index (χ1) is 43.7. The van der Waals surface area contributed by atoms with E-state index in [1.807, 2.05) is 13.8 Å². The Hall–Kier alpha value is -7.52. The normalized spacial score (nSPS) is 24.7. The molecule has 2 aliphatic heterocycles. The van der Waals surface area contributed by atoms with Gasteiger partial charge >= 0.3 is 12.4 Å². The van der Waals surface area contributed by atoms with E-state index < -0.39 is 179 Å². The van der Waals surface area contributed by atoms with E-state index >= 15 is 0 Å². The van der Waals surface area contributed by atoms with Crippen LogP contribution >= 0.6 is 11.6 Å². The molecule has 0 radical (unpaired) electrons. The van der Waals surface area contributed by atoms with Crippen molar-refractivity contribution in [3.63, 3.8) is 0 Å². The van der Waals surface area contributed by atoms with Gasteiger partial charge < -0.3 is 55.6 Å². The molecule has 2 aromatic rings. The zero-order valence-corrected chi connectivity index (χ0v) is 56.7. The van der Waals surface area contributed by atoms with Crippen LogP contribution in [0, 0.1) is 17.8 Å². The van der Waals surface area contributed by atoms with Gasteiger partial charge in [-0.3, -0.25) is 52.7 Å². The highest BCUT2D eigenvalue weighted by Crippen LogP contribution is 2.37. The van der Waals surface area contributed by atoms with Gasteiger partial charge in [0.2, 0.25) is 65.0 Å². The maximum Gasteiger partial charge on any atom is 0.417 e. The van der Waals surface area contributed by atoms with Crippen LogP contribution in [0.25, 0.3) is 0 Å². The molecule has 0 bridgehead atoms. The molecule has 522 valence electrons. The number of fused-ring (bicyclic) bond motifs is 1. The van der Waals surface area contributed by atoms with Crippen LogP contribution in [0.2, 0.25) is 5.02 Å². The number of hydrogen-bond donors (Lipinski definition) is 4. The van der Waals surface area contributed by atoms with Crippen molar-refractivity contribution in [3.05, 3.63) is 69.7 Å². The molecule has 4 N–H and O–H groups in total. The minimum atomic E-state index is -4.80. The Morgan fingerprint density at radius 3 is 1.78 bits per heavy atom. The molecule has 0 aromatic heterocycles. The molecule has 5 rings (SSSR count). The number of carbonyl (C=O) groups excluding carboxylic acids is 11. The second kappa shape index (κ2) is 32.8. The van der Waals surface area contributed by atoms with E-state index in [1.165, 1.54) is 57.0 Å². The summed E-state index contributed by atoms with van der Waals surface area (Å²) in [7, 11) is 7.83. The van der Waals surface area contributed by atoms with E-state index in [2.05, 4.69) is 21.3 Å². The lowest BCUT2D eigenvalue weighted by Crippen LogP contribution is -2.64. The van der Waals surface area contributed by atoms with E-state index in [4.69, 9.17) is 11.6 Å². The monoisotopic (exact) mass is 1350 g/mol. The summed E-state index contributed by atoms with van der Waals surface area (Å²) in [6.07, 6.45) is -8.46. The first-order valence-electron chi connectivity index (χ1n) is 31.8. The third-order valence-electron chi connectivity index (χ3n) is 18.1. The highest BCUT2D eigenvalue weighted by atomic mass is 35.5.